The van der Waals surface area contributed by atoms with Gasteiger partial charge in [-0.3, -0.25) is 0 Å². The molecule has 0 fully saturated rings. The highest BCUT2D eigenvalue weighted by molar-refractivity contribution is 5.99. The number of pyridine rings is 1. The zero-order valence-electron chi connectivity index (χ0n) is 11.1. The van der Waals surface area contributed by atoms with Crippen LogP contribution in [-0.4, -0.2) is 32.6 Å². The first kappa shape index (κ1) is 13.1. The van der Waals surface area contributed by atoms with Crippen LogP contribution in [0.1, 0.15) is 16.2 Å². The van der Waals surface area contributed by atoms with Crippen LogP contribution >= 0.6 is 0 Å². The summed E-state index contributed by atoms with van der Waals surface area (Å²) in [5, 5.41) is 9.12. The van der Waals surface area contributed by atoms with Gasteiger partial charge in [0.15, 0.2) is 5.65 Å². The summed E-state index contributed by atoms with van der Waals surface area (Å²) in [4.78, 5) is 22.5. The molecule has 21 heavy (non-hydrogen) atoms. The van der Waals surface area contributed by atoms with E-state index in [0.717, 1.165) is 5.75 Å². The first-order chi connectivity index (χ1) is 10.2. The van der Waals surface area contributed by atoms with Gasteiger partial charge in [0.1, 0.15) is 11.6 Å². The van der Waals surface area contributed by atoms with Crippen LogP contribution in [0.2, 0.25) is 0 Å². The van der Waals surface area contributed by atoms with E-state index in [1.165, 1.54) is 12.3 Å². The van der Waals surface area contributed by atoms with Crippen LogP contribution in [-0.2, 0) is 6.42 Å². The van der Waals surface area contributed by atoms with E-state index in [0.29, 0.717) is 30.0 Å². The second kappa shape index (κ2) is 5.62. The van der Waals surface area contributed by atoms with Crippen molar-refractivity contribution in [1.82, 2.24) is 15.0 Å². The average molecular weight is 283 g/mol. The number of imidazole rings is 1. The molecule has 2 heterocycles. The van der Waals surface area contributed by atoms with Gasteiger partial charge in [-0.1, -0.05) is 18.2 Å². The van der Waals surface area contributed by atoms with Gasteiger partial charge in [0, 0.05) is 12.6 Å². The number of hydrogen-bond donors (Lipinski definition) is 2. The summed E-state index contributed by atoms with van der Waals surface area (Å²) < 4.78 is 5.59. The largest absolute Gasteiger partial charge is 0.493 e. The van der Waals surface area contributed by atoms with E-state index in [9.17, 15) is 4.79 Å². The van der Waals surface area contributed by atoms with E-state index in [4.69, 9.17) is 9.84 Å². The fourth-order valence-corrected chi connectivity index (χ4v) is 2.04. The van der Waals surface area contributed by atoms with Crippen LogP contribution in [0.15, 0.2) is 42.6 Å². The predicted octanol–water partition coefficient (Wildman–Crippen LogP) is 2.28. The Morgan fingerprint density at radius 3 is 2.81 bits per heavy atom. The van der Waals surface area contributed by atoms with Crippen molar-refractivity contribution in [3.05, 3.63) is 54.0 Å². The lowest BCUT2D eigenvalue weighted by Gasteiger charge is -2.03. The summed E-state index contributed by atoms with van der Waals surface area (Å²) in [5.74, 6) is 0.443. The molecule has 6 nitrogen and oxygen atoms in total. The van der Waals surface area contributed by atoms with E-state index in [1.807, 2.05) is 30.3 Å². The number of rotatable bonds is 5. The Hall–Kier alpha value is -2.89. The summed E-state index contributed by atoms with van der Waals surface area (Å²) in [6.45, 7) is 0.451. The van der Waals surface area contributed by atoms with Gasteiger partial charge >= 0.3 is 5.97 Å². The summed E-state index contributed by atoms with van der Waals surface area (Å²) in [6.07, 6.45) is 1.99. The minimum Gasteiger partial charge on any atom is -0.493 e. The van der Waals surface area contributed by atoms with Crippen molar-refractivity contribution in [2.45, 2.75) is 6.42 Å². The average Bonchev–Trinajstić information content (AvgIpc) is 2.90. The highest BCUT2D eigenvalue weighted by atomic mass is 16.5. The van der Waals surface area contributed by atoms with E-state index in [2.05, 4.69) is 15.0 Å². The molecular formula is C15H13N3O3. The number of nitrogens with one attached hydrogen (secondary N) is 1. The lowest BCUT2D eigenvalue weighted by atomic mass is 10.2. The number of ether oxygens (including phenoxy) is 1. The SMILES string of the molecule is O=C(O)c1ccnc2nc(CCOc3ccccc3)[nH]c12. The molecule has 0 radical (unpaired) electrons. The number of carboxylic acid groups (broad SMARTS) is 1. The van der Waals surface area contributed by atoms with Crippen molar-refractivity contribution in [1.29, 1.82) is 0 Å². The Bertz CT molecular complexity index is 768. The van der Waals surface area contributed by atoms with Crippen LogP contribution in [0.5, 0.6) is 5.75 Å². The van der Waals surface area contributed by atoms with Gasteiger partial charge in [0.2, 0.25) is 0 Å². The topological polar surface area (TPSA) is 88.1 Å². The highest BCUT2D eigenvalue weighted by Gasteiger charge is 2.13. The standard InChI is InChI=1S/C15H13N3O3/c19-15(20)11-6-8-16-14-13(11)17-12(18-14)7-9-21-10-4-2-1-3-5-10/h1-6,8H,7,9H2,(H,19,20)(H,16,17,18). The monoisotopic (exact) mass is 283 g/mol. The van der Waals surface area contributed by atoms with E-state index in [1.54, 1.807) is 0 Å². The minimum absolute atomic E-state index is 0.169. The Labute approximate surface area is 120 Å². The third-order valence-electron chi connectivity index (χ3n) is 3.02. The minimum atomic E-state index is -1.00. The van der Waals surface area contributed by atoms with E-state index in [-0.39, 0.29) is 5.56 Å². The summed E-state index contributed by atoms with van der Waals surface area (Å²) in [7, 11) is 0. The number of benzene rings is 1. The number of aromatic nitrogens is 3. The van der Waals surface area contributed by atoms with Gasteiger partial charge in [0.05, 0.1) is 17.7 Å². The van der Waals surface area contributed by atoms with Crippen molar-refractivity contribution < 1.29 is 14.6 Å². The fourth-order valence-electron chi connectivity index (χ4n) is 2.04. The number of hydrogen-bond acceptors (Lipinski definition) is 4. The fraction of sp³-hybridized carbons (Fsp3) is 0.133. The Balaban J connectivity index is 1.73. The molecule has 6 heteroatoms. The van der Waals surface area contributed by atoms with Crippen molar-refractivity contribution in [3.8, 4) is 5.75 Å². The lowest BCUT2D eigenvalue weighted by molar-refractivity contribution is 0.0698. The van der Waals surface area contributed by atoms with Gasteiger partial charge < -0.3 is 14.8 Å². The van der Waals surface area contributed by atoms with Gasteiger partial charge in [-0.05, 0) is 18.2 Å². The zero-order valence-corrected chi connectivity index (χ0v) is 11.1. The second-order valence-corrected chi connectivity index (χ2v) is 4.46. The molecule has 0 bridgehead atoms. The maximum absolute atomic E-state index is 11.1. The molecular weight excluding hydrogens is 270 g/mol. The predicted molar refractivity (Wildman–Crippen MR) is 76.5 cm³/mol. The number of H-pyrrole nitrogens is 1. The third kappa shape index (κ3) is 2.84. The van der Waals surface area contributed by atoms with Crippen molar-refractivity contribution >= 4 is 17.1 Å². The number of para-hydroxylation sites is 1. The van der Waals surface area contributed by atoms with Gasteiger partial charge in [0.25, 0.3) is 0 Å². The number of carbonyl (C=O) groups is 1. The van der Waals surface area contributed by atoms with Crippen LogP contribution in [0.4, 0.5) is 0 Å². The number of aromatic amines is 1. The van der Waals surface area contributed by atoms with E-state index < -0.39 is 5.97 Å². The normalized spacial score (nSPS) is 10.7. The number of carboxylic acids is 1. The summed E-state index contributed by atoms with van der Waals surface area (Å²) >= 11 is 0. The molecule has 0 atom stereocenters. The molecule has 3 rings (SSSR count). The van der Waals surface area contributed by atoms with Crippen LogP contribution in [0.3, 0.4) is 0 Å². The molecule has 1 aromatic carbocycles. The first-order valence-electron chi connectivity index (χ1n) is 6.49. The lowest BCUT2D eigenvalue weighted by Crippen LogP contribution is -2.02. The summed E-state index contributed by atoms with van der Waals surface area (Å²) in [6, 6.07) is 10.9. The van der Waals surface area contributed by atoms with Gasteiger partial charge in [-0.25, -0.2) is 14.8 Å². The molecule has 0 amide bonds. The number of fused-ring (bicyclic) bond motifs is 1. The smallest absolute Gasteiger partial charge is 0.338 e. The van der Waals surface area contributed by atoms with Crippen LogP contribution in [0, 0.1) is 0 Å². The van der Waals surface area contributed by atoms with Gasteiger partial charge in [-0.15, -0.1) is 0 Å². The molecule has 0 aliphatic rings. The molecule has 0 aliphatic heterocycles. The maximum atomic E-state index is 11.1. The Morgan fingerprint density at radius 1 is 1.24 bits per heavy atom. The molecule has 0 spiro atoms. The Kier molecular flexibility index (Phi) is 3.51. The van der Waals surface area contributed by atoms with Crippen LogP contribution < -0.4 is 4.74 Å². The quantitative estimate of drug-likeness (QED) is 0.750. The van der Waals surface area contributed by atoms with Crippen molar-refractivity contribution in [2.24, 2.45) is 0 Å². The molecule has 3 aromatic rings. The number of nitrogens with zero attached hydrogens (tertiary/aromatic N) is 2. The van der Waals surface area contributed by atoms with Crippen molar-refractivity contribution in [2.75, 3.05) is 6.61 Å². The molecule has 2 aromatic heterocycles. The number of aromatic carboxylic acids is 1. The maximum Gasteiger partial charge on any atom is 0.338 e. The van der Waals surface area contributed by atoms with Gasteiger partial charge in [-0.2, -0.15) is 0 Å². The molecule has 0 saturated heterocycles. The zero-order chi connectivity index (χ0) is 14.7. The molecule has 0 aliphatic carbocycles. The summed E-state index contributed by atoms with van der Waals surface area (Å²) in [5.41, 5.74) is 1.02. The Morgan fingerprint density at radius 2 is 2.05 bits per heavy atom. The van der Waals surface area contributed by atoms with Crippen LogP contribution in [0.25, 0.3) is 11.2 Å². The first-order valence-corrected chi connectivity index (χ1v) is 6.49. The van der Waals surface area contributed by atoms with E-state index >= 15 is 0 Å². The molecule has 0 unspecified atom stereocenters. The highest BCUT2D eigenvalue weighted by Crippen LogP contribution is 2.15. The molecule has 2 N–H and O–H groups in total. The molecule has 0 saturated carbocycles. The molecule has 106 valence electrons. The second-order valence-electron chi connectivity index (χ2n) is 4.46. The van der Waals surface area contributed by atoms with Crippen molar-refractivity contribution in [3.63, 3.8) is 0 Å². The third-order valence-corrected chi connectivity index (χ3v) is 3.02.